The molecule has 0 aliphatic carbocycles. The number of carbonyl (C=O) groups is 1. The number of hydrogen-bond donors (Lipinski definition) is 2. The van der Waals surface area contributed by atoms with Crippen molar-refractivity contribution < 1.29 is 28.7 Å². The van der Waals surface area contributed by atoms with Crippen LogP contribution in [0.1, 0.15) is 21.9 Å². The molecule has 0 atom stereocenters. The number of phenolic OH excluding ortho intramolecular Hbond substituents is 1. The maximum absolute atomic E-state index is 12.4. The van der Waals surface area contributed by atoms with E-state index in [-0.39, 0.29) is 16.5 Å². The molecule has 0 bridgehead atoms. The number of phenols is 1. The summed E-state index contributed by atoms with van der Waals surface area (Å²) in [4.78, 5) is 22.6. The molecule has 10 heteroatoms. The minimum absolute atomic E-state index is 0.0132. The molecule has 0 radical (unpaired) electrons. The number of nitro benzene ring substituents is 1. The summed E-state index contributed by atoms with van der Waals surface area (Å²) in [6, 6.07) is 10.4. The summed E-state index contributed by atoms with van der Waals surface area (Å²) in [5, 5.41) is 23.0. The first kappa shape index (κ1) is 21.0. The zero-order valence-electron chi connectivity index (χ0n) is 16.0. The van der Waals surface area contributed by atoms with E-state index in [1.807, 2.05) is 0 Å². The molecule has 0 fully saturated rings. The number of benzene rings is 2. The van der Waals surface area contributed by atoms with Gasteiger partial charge in [0.2, 0.25) is 0 Å². The van der Waals surface area contributed by atoms with E-state index in [2.05, 4.69) is 5.32 Å². The van der Waals surface area contributed by atoms with E-state index < -0.39 is 22.3 Å². The Morgan fingerprint density at radius 3 is 2.63 bits per heavy atom. The van der Waals surface area contributed by atoms with Crippen molar-refractivity contribution in [1.29, 1.82) is 0 Å². The fourth-order valence-corrected chi connectivity index (χ4v) is 3.01. The average Bonchev–Trinajstić information content (AvgIpc) is 3.18. The monoisotopic (exact) mass is 432 g/mol. The minimum atomic E-state index is -0.737. The highest BCUT2D eigenvalue weighted by Crippen LogP contribution is 2.35. The summed E-state index contributed by atoms with van der Waals surface area (Å²) in [6.45, 7) is 0. The van der Waals surface area contributed by atoms with Gasteiger partial charge in [-0.1, -0.05) is 11.6 Å². The first-order chi connectivity index (χ1) is 14.3. The number of carbonyl (C=O) groups excluding carboxylic acids is 1. The molecular weight excluding hydrogens is 416 g/mol. The van der Waals surface area contributed by atoms with Gasteiger partial charge in [0.1, 0.15) is 28.0 Å². The summed E-state index contributed by atoms with van der Waals surface area (Å²) >= 11 is 5.82. The third-order valence-electron chi connectivity index (χ3n) is 4.25. The molecule has 1 aromatic heterocycles. The van der Waals surface area contributed by atoms with Gasteiger partial charge in [-0.15, -0.1) is 0 Å². The number of rotatable bonds is 7. The van der Waals surface area contributed by atoms with Crippen molar-refractivity contribution in [3.63, 3.8) is 0 Å². The van der Waals surface area contributed by atoms with Gasteiger partial charge >= 0.3 is 0 Å². The number of methoxy groups -OCH3 is 2. The molecule has 9 nitrogen and oxygen atoms in total. The van der Waals surface area contributed by atoms with E-state index >= 15 is 0 Å². The van der Waals surface area contributed by atoms with Gasteiger partial charge in [0.15, 0.2) is 5.76 Å². The third kappa shape index (κ3) is 4.47. The predicted octanol–water partition coefficient (Wildman–Crippen LogP) is 4.41. The highest BCUT2D eigenvalue weighted by Gasteiger charge is 2.20. The molecule has 2 aromatic carbocycles. The average molecular weight is 433 g/mol. The molecule has 3 rings (SSSR count). The van der Waals surface area contributed by atoms with Crippen LogP contribution in [0, 0.1) is 10.1 Å². The number of furan rings is 1. The Hall–Kier alpha value is -3.72. The van der Waals surface area contributed by atoms with Crippen LogP contribution < -0.4 is 14.8 Å². The van der Waals surface area contributed by atoms with Gasteiger partial charge in [-0.25, -0.2) is 0 Å². The fourth-order valence-electron chi connectivity index (χ4n) is 2.78. The van der Waals surface area contributed by atoms with Crippen LogP contribution >= 0.6 is 11.6 Å². The number of nitro groups is 1. The molecule has 2 N–H and O–H groups in total. The number of hydrogen-bond acceptors (Lipinski definition) is 7. The van der Waals surface area contributed by atoms with Crippen LogP contribution in [-0.4, -0.2) is 30.2 Å². The van der Waals surface area contributed by atoms with Gasteiger partial charge in [-0.3, -0.25) is 14.9 Å². The van der Waals surface area contributed by atoms with Gasteiger partial charge in [0.25, 0.3) is 11.6 Å². The second-order valence-corrected chi connectivity index (χ2v) is 6.56. The van der Waals surface area contributed by atoms with Gasteiger partial charge in [0.05, 0.1) is 30.9 Å². The Bertz CT molecular complexity index is 1110. The van der Waals surface area contributed by atoms with Crippen molar-refractivity contribution in [3.05, 3.63) is 74.7 Å². The number of ether oxygens (including phenoxy) is 2. The maximum atomic E-state index is 12.4. The SMILES string of the molecule is COc1ccc(OC)c(Cc2ccc(C(=O)Nc3cc(Cl)c([N+](=O)[O-])cc3O)o2)c1. The van der Waals surface area contributed by atoms with Crippen LogP contribution in [0.25, 0.3) is 0 Å². The Labute approximate surface area is 175 Å². The maximum Gasteiger partial charge on any atom is 0.291 e. The first-order valence-corrected chi connectivity index (χ1v) is 8.98. The second-order valence-electron chi connectivity index (χ2n) is 6.15. The Balaban J connectivity index is 1.78. The van der Waals surface area contributed by atoms with E-state index in [4.69, 9.17) is 25.5 Å². The summed E-state index contributed by atoms with van der Waals surface area (Å²) in [7, 11) is 3.11. The molecule has 0 aliphatic heterocycles. The number of amides is 1. The summed E-state index contributed by atoms with van der Waals surface area (Å²) in [5.74, 6) is 0.634. The van der Waals surface area contributed by atoms with Crippen LogP contribution in [0.3, 0.4) is 0 Å². The van der Waals surface area contributed by atoms with Gasteiger partial charge < -0.3 is 24.3 Å². The predicted molar refractivity (Wildman–Crippen MR) is 109 cm³/mol. The van der Waals surface area contributed by atoms with Gasteiger partial charge in [-0.05, 0) is 36.4 Å². The van der Waals surface area contributed by atoms with Crippen LogP contribution in [0.5, 0.6) is 17.2 Å². The molecule has 0 unspecified atom stereocenters. The molecule has 3 aromatic rings. The molecule has 0 saturated heterocycles. The topological polar surface area (TPSA) is 124 Å². The number of anilines is 1. The molecule has 30 heavy (non-hydrogen) atoms. The van der Waals surface area contributed by atoms with E-state index in [9.17, 15) is 20.0 Å². The van der Waals surface area contributed by atoms with Crippen molar-refractivity contribution in [2.75, 3.05) is 19.5 Å². The molecule has 0 aliphatic rings. The molecule has 156 valence electrons. The summed E-state index contributed by atoms with van der Waals surface area (Å²) < 4.78 is 16.2. The fraction of sp³-hybridized carbons (Fsp3) is 0.150. The quantitative estimate of drug-likeness (QED) is 0.322. The zero-order chi connectivity index (χ0) is 21.8. The van der Waals surface area contributed by atoms with E-state index in [1.165, 1.54) is 6.07 Å². The van der Waals surface area contributed by atoms with E-state index in [1.54, 1.807) is 38.5 Å². The Morgan fingerprint density at radius 1 is 1.20 bits per heavy atom. The number of nitrogens with one attached hydrogen (secondary N) is 1. The van der Waals surface area contributed by atoms with Crippen LogP contribution in [0.15, 0.2) is 46.9 Å². The lowest BCUT2D eigenvalue weighted by atomic mass is 10.1. The number of nitrogens with zero attached hydrogens (tertiary/aromatic N) is 1. The molecule has 1 amide bonds. The van der Waals surface area contributed by atoms with Crippen LogP contribution in [0.2, 0.25) is 5.02 Å². The van der Waals surface area contributed by atoms with Crippen molar-refractivity contribution in [1.82, 2.24) is 0 Å². The summed E-state index contributed by atoms with van der Waals surface area (Å²) in [5.41, 5.74) is 0.251. The second kappa shape index (κ2) is 8.75. The number of aromatic hydroxyl groups is 1. The Morgan fingerprint density at radius 2 is 1.97 bits per heavy atom. The van der Waals surface area contributed by atoms with E-state index in [0.717, 1.165) is 17.7 Å². The smallest absolute Gasteiger partial charge is 0.291 e. The van der Waals surface area contributed by atoms with E-state index in [0.29, 0.717) is 23.7 Å². The lowest BCUT2D eigenvalue weighted by molar-refractivity contribution is -0.384. The van der Waals surface area contributed by atoms with Crippen LogP contribution in [-0.2, 0) is 6.42 Å². The largest absolute Gasteiger partial charge is 0.506 e. The highest BCUT2D eigenvalue weighted by atomic mass is 35.5. The van der Waals surface area contributed by atoms with Crippen molar-refractivity contribution in [2.24, 2.45) is 0 Å². The standard InChI is InChI=1S/C20H17ClN2O7/c1-28-12-3-5-18(29-2)11(7-12)8-13-4-6-19(30-13)20(25)22-15-9-14(21)16(23(26)27)10-17(15)24/h3-7,9-10,24H,8H2,1-2H3,(H,22,25). The molecule has 0 spiro atoms. The summed E-state index contributed by atoms with van der Waals surface area (Å²) in [6.07, 6.45) is 0.349. The van der Waals surface area contributed by atoms with Crippen molar-refractivity contribution in [3.8, 4) is 17.2 Å². The van der Waals surface area contributed by atoms with Gasteiger partial charge in [-0.2, -0.15) is 0 Å². The minimum Gasteiger partial charge on any atom is -0.506 e. The van der Waals surface area contributed by atoms with Gasteiger partial charge in [0, 0.05) is 12.0 Å². The Kier molecular flexibility index (Phi) is 6.12. The molecule has 1 heterocycles. The van der Waals surface area contributed by atoms with Crippen molar-refractivity contribution in [2.45, 2.75) is 6.42 Å². The molecular formula is C20H17ClN2O7. The number of halogens is 1. The first-order valence-electron chi connectivity index (χ1n) is 8.60. The highest BCUT2D eigenvalue weighted by molar-refractivity contribution is 6.33. The lowest BCUT2D eigenvalue weighted by Crippen LogP contribution is -2.11. The normalized spacial score (nSPS) is 10.5. The van der Waals surface area contributed by atoms with Crippen molar-refractivity contribution >= 4 is 28.9 Å². The van der Waals surface area contributed by atoms with Crippen LogP contribution in [0.4, 0.5) is 11.4 Å². The molecule has 0 saturated carbocycles. The third-order valence-corrected chi connectivity index (χ3v) is 4.55. The zero-order valence-corrected chi connectivity index (χ0v) is 16.7. The lowest BCUT2D eigenvalue weighted by Gasteiger charge is -2.09.